The van der Waals surface area contributed by atoms with Gasteiger partial charge < -0.3 is 14.8 Å². The van der Waals surface area contributed by atoms with Crippen LogP contribution in [-0.4, -0.2) is 26.2 Å². The van der Waals surface area contributed by atoms with Crippen LogP contribution in [0.5, 0.6) is 11.5 Å². The van der Waals surface area contributed by atoms with Gasteiger partial charge in [-0.05, 0) is 52.2 Å². The van der Waals surface area contributed by atoms with E-state index in [0.717, 1.165) is 17.7 Å². The van der Waals surface area contributed by atoms with E-state index >= 15 is 0 Å². The van der Waals surface area contributed by atoms with Gasteiger partial charge in [0.1, 0.15) is 18.1 Å². The predicted molar refractivity (Wildman–Crippen MR) is 107 cm³/mol. The van der Waals surface area contributed by atoms with Crippen LogP contribution >= 0.6 is 15.9 Å². The summed E-state index contributed by atoms with van der Waals surface area (Å²) in [5.74, 6) is 6.98. The van der Waals surface area contributed by atoms with E-state index in [1.54, 1.807) is 25.3 Å². The number of allylic oxidation sites excluding steroid dienone is 1. The molecule has 0 aliphatic rings. The van der Waals surface area contributed by atoms with Crippen molar-refractivity contribution in [2.45, 2.75) is 6.42 Å². The number of rotatable bonds is 7. The molecule has 2 aromatic carbocycles. The molecular weight excluding hydrogens is 394 g/mol. The van der Waals surface area contributed by atoms with Crippen molar-refractivity contribution in [3.05, 3.63) is 70.7 Å². The van der Waals surface area contributed by atoms with Gasteiger partial charge in [0.25, 0.3) is 5.91 Å². The molecule has 0 spiro atoms. The number of amides is 1. The molecule has 0 aromatic heterocycles. The third-order valence-electron chi connectivity index (χ3n) is 3.52. The van der Waals surface area contributed by atoms with Crippen molar-refractivity contribution in [1.29, 1.82) is 0 Å². The fourth-order valence-electron chi connectivity index (χ4n) is 2.22. The molecule has 2 rings (SSSR count). The van der Waals surface area contributed by atoms with Crippen LogP contribution in [0.2, 0.25) is 0 Å². The van der Waals surface area contributed by atoms with Crippen LogP contribution < -0.4 is 14.8 Å². The highest BCUT2D eigenvalue weighted by molar-refractivity contribution is 9.10. The Labute approximate surface area is 162 Å². The lowest BCUT2D eigenvalue weighted by molar-refractivity contribution is 0.0957. The van der Waals surface area contributed by atoms with E-state index in [9.17, 15) is 4.79 Å². The first-order valence-corrected chi connectivity index (χ1v) is 8.84. The Kier molecular flexibility index (Phi) is 7.78. The minimum atomic E-state index is -0.220. The van der Waals surface area contributed by atoms with Crippen LogP contribution in [0.3, 0.4) is 0 Å². The Morgan fingerprint density at radius 1 is 1.27 bits per heavy atom. The van der Waals surface area contributed by atoms with Gasteiger partial charge in [0.15, 0.2) is 0 Å². The average molecular weight is 414 g/mol. The van der Waals surface area contributed by atoms with Gasteiger partial charge in [0.05, 0.1) is 19.2 Å². The van der Waals surface area contributed by atoms with Gasteiger partial charge in [-0.1, -0.05) is 36.1 Å². The van der Waals surface area contributed by atoms with Crippen molar-refractivity contribution in [2.75, 3.05) is 20.3 Å². The molecule has 1 N–H and O–H groups in total. The van der Waals surface area contributed by atoms with Gasteiger partial charge >= 0.3 is 0 Å². The van der Waals surface area contributed by atoms with Crippen molar-refractivity contribution >= 4 is 21.8 Å². The minimum Gasteiger partial charge on any atom is -0.497 e. The van der Waals surface area contributed by atoms with Gasteiger partial charge in [-0.3, -0.25) is 4.79 Å². The van der Waals surface area contributed by atoms with E-state index in [0.29, 0.717) is 15.8 Å². The number of carbonyl (C=O) groups is 1. The van der Waals surface area contributed by atoms with E-state index in [4.69, 9.17) is 9.47 Å². The van der Waals surface area contributed by atoms with Crippen molar-refractivity contribution in [3.8, 4) is 23.3 Å². The fraction of sp³-hybridized carbons (Fsp3) is 0.190. The molecule has 0 radical (unpaired) electrons. The molecule has 26 heavy (non-hydrogen) atoms. The highest BCUT2D eigenvalue weighted by Crippen LogP contribution is 2.22. The molecule has 0 atom stereocenters. The second-order valence-electron chi connectivity index (χ2n) is 5.27. The molecule has 0 bridgehead atoms. The average Bonchev–Trinajstić information content (AvgIpc) is 2.66. The molecular formula is C21H20BrNO3. The predicted octanol–water partition coefficient (Wildman–Crippen LogP) is 4.00. The summed E-state index contributed by atoms with van der Waals surface area (Å²) in [4.78, 5) is 12.2. The standard InChI is InChI=1S/C21H20BrNO3/c1-3-8-16-9-4-5-10-20(16)26-14-7-6-13-23-21(24)18-15-17(25-2)11-12-19(18)22/h3-5,9-12,15H,1,8,13-14H2,2H3,(H,23,24). The molecule has 0 heterocycles. The number of hydrogen-bond donors (Lipinski definition) is 1. The maximum absolute atomic E-state index is 12.2. The molecule has 0 saturated heterocycles. The van der Waals surface area contributed by atoms with E-state index in [2.05, 4.69) is 39.7 Å². The van der Waals surface area contributed by atoms with Crippen molar-refractivity contribution in [2.24, 2.45) is 0 Å². The Hall–Kier alpha value is -2.71. The number of para-hydroxylation sites is 1. The molecule has 0 saturated carbocycles. The van der Waals surface area contributed by atoms with Crippen LogP contribution in [0.25, 0.3) is 0 Å². The zero-order valence-corrected chi connectivity index (χ0v) is 16.1. The molecule has 0 aliphatic heterocycles. The molecule has 4 nitrogen and oxygen atoms in total. The summed E-state index contributed by atoms with van der Waals surface area (Å²) < 4.78 is 11.5. The third-order valence-corrected chi connectivity index (χ3v) is 4.21. The Morgan fingerprint density at radius 2 is 2.08 bits per heavy atom. The van der Waals surface area contributed by atoms with Crippen LogP contribution in [0.1, 0.15) is 15.9 Å². The molecule has 0 unspecified atom stereocenters. The first-order valence-electron chi connectivity index (χ1n) is 8.04. The lowest BCUT2D eigenvalue weighted by atomic mass is 10.1. The number of benzene rings is 2. The lowest BCUT2D eigenvalue weighted by Gasteiger charge is -2.07. The van der Waals surface area contributed by atoms with Gasteiger partial charge in [0.2, 0.25) is 0 Å². The summed E-state index contributed by atoms with van der Waals surface area (Å²) in [6, 6.07) is 13.0. The topological polar surface area (TPSA) is 47.6 Å². The number of nitrogens with one attached hydrogen (secondary N) is 1. The highest BCUT2D eigenvalue weighted by Gasteiger charge is 2.10. The normalized spacial score (nSPS) is 9.62. The number of methoxy groups -OCH3 is 1. The first kappa shape index (κ1) is 19.6. The lowest BCUT2D eigenvalue weighted by Crippen LogP contribution is -2.24. The maximum Gasteiger partial charge on any atom is 0.253 e. The van der Waals surface area contributed by atoms with E-state index < -0.39 is 0 Å². The van der Waals surface area contributed by atoms with E-state index in [1.807, 2.05) is 30.3 Å². The van der Waals surface area contributed by atoms with Gasteiger partial charge in [-0.25, -0.2) is 0 Å². The maximum atomic E-state index is 12.2. The van der Waals surface area contributed by atoms with Crippen LogP contribution in [0.4, 0.5) is 0 Å². The fourth-order valence-corrected chi connectivity index (χ4v) is 2.65. The minimum absolute atomic E-state index is 0.220. The van der Waals surface area contributed by atoms with Gasteiger partial charge in [-0.2, -0.15) is 0 Å². The van der Waals surface area contributed by atoms with E-state index in [1.165, 1.54) is 0 Å². The largest absolute Gasteiger partial charge is 0.497 e. The second kappa shape index (κ2) is 10.3. The molecule has 2 aromatic rings. The monoisotopic (exact) mass is 413 g/mol. The molecule has 0 fully saturated rings. The second-order valence-corrected chi connectivity index (χ2v) is 6.13. The van der Waals surface area contributed by atoms with Crippen molar-refractivity contribution in [3.63, 3.8) is 0 Å². The zero-order valence-electron chi connectivity index (χ0n) is 14.5. The van der Waals surface area contributed by atoms with Crippen LogP contribution in [0, 0.1) is 11.8 Å². The zero-order chi connectivity index (χ0) is 18.8. The molecule has 134 valence electrons. The first-order chi connectivity index (χ1) is 12.7. The molecule has 0 aliphatic carbocycles. The number of carbonyl (C=O) groups excluding carboxylic acids is 1. The smallest absolute Gasteiger partial charge is 0.253 e. The van der Waals surface area contributed by atoms with E-state index in [-0.39, 0.29) is 19.1 Å². The Balaban J connectivity index is 1.84. The summed E-state index contributed by atoms with van der Waals surface area (Å²) >= 11 is 3.36. The molecule has 1 amide bonds. The number of hydrogen-bond acceptors (Lipinski definition) is 3. The quantitative estimate of drug-likeness (QED) is 0.551. The summed E-state index contributed by atoms with van der Waals surface area (Å²) in [6.07, 6.45) is 2.58. The van der Waals surface area contributed by atoms with Gasteiger partial charge in [0, 0.05) is 4.47 Å². The van der Waals surface area contributed by atoms with Crippen LogP contribution in [-0.2, 0) is 6.42 Å². The molecule has 5 heteroatoms. The summed E-state index contributed by atoms with van der Waals surface area (Å²) in [5.41, 5.74) is 1.57. The number of halogens is 1. The van der Waals surface area contributed by atoms with Gasteiger partial charge in [-0.15, -0.1) is 6.58 Å². The summed E-state index contributed by atoms with van der Waals surface area (Å²) in [5, 5.41) is 2.75. The Bertz CT molecular complexity index is 837. The highest BCUT2D eigenvalue weighted by atomic mass is 79.9. The van der Waals surface area contributed by atoms with Crippen molar-refractivity contribution in [1.82, 2.24) is 5.32 Å². The third kappa shape index (κ3) is 5.68. The SMILES string of the molecule is C=CCc1ccccc1OCC#CCNC(=O)c1cc(OC)ccc1Br. The van der Waals surface area contributed by atoms with Crippen LogP contribution in [0.15, 0.2) is 59.6 Å². The number of ether oxygens (including phenoxy) is 2. The Morgan fingerprint density at radius 3 is 2.85 bits per heavy atom. The summed E-state index contributed by atoms with van der Waals surface area (Å²) in [6.45, 7) is 4.23. The van der Waals surface area contributed by atoms with Crippen molar-refractivity contribution < 1.29 is 14.3 Å². The summed E-state index contributed by atoms with van der Waals surface area (Å²) in [7, 11) is 1.56.